The van der Waals surface area contributed by atoms with Crippen molar-refractivity contribution in [1.29, 1.82) is 0 Å². The maximum absolute atomic E-state index is 11.5. The van der Waals surface area contributed by atoms with E-state index < -0.39 is 5.97 Å². The molecule has 0 aliphatic rings. The molecule has 3 rings (SSSR count). The zero-order valence-electron chi connectivity index (χ0n) is 12.0. The van der Waals surface area contributed by atoms with E-state index in [-0.39, 0.29) is 5.56 Å². The van der Waals surface area contributed by atoms with Crippen molar-refractivity contribution in [3.05, 3.63) is 66.1 Å². The van der Waals surface area contributed by atoms with Gasteiger partial charge in [-0.1, -0.05) is 12.1 Å². The molecule has 0 spiro atoms. The van der Waals surface area contributed by atoms with E-state index in [2.05, 4.69) is 4.98 Å². The minimum Gasteiger partial charge on any atom is -0.478 e. The van der Waals surface area contributed by atoms with Gasteiger partial charge in [0.2, 0.25) is 0 Å². The maximum atomic E-state index is 11.5. The monoisotopic (exact) mass is 293 g/mol. The molecular formula is C17H15N3O2. The highest BCUT2D eigenvalue weighted by Crippen LogP contribution is 2.30. The highest BCUT2D eigenvalue weighted by atomic mass is 16.4. The molecule has 110 valence electrons. The summed E-state index contributed by atoms with van der Waals surface area (Å²) < 4.78 is 1.88. The number of carboxylic acids is 1. The van der Waals surface area contributed by atoms with Gasteiger partial charge in [-0.15, -0.1) is 0 Å². The topological polar surface area (TPSA) is 81.1 Å². The first-order chi connectivity index (χ1) is 10.6. The van der Waals surface area contributed by atoms with Gasteiger partial charge < -0.3 is 15.4 Å². The summed E-state index contributed by atoms with van der Waals surface area (Å²) >= 11 is 0. The third-order valence-corrected chi connectivity index (χ3v) is 3.56. The Bertz CT molecular complexity index is 838. The lowest BCUT2D eigenvalue weighted by atomic mass is 10.1. The minimum absolute atomic E-state index is 0.265. The summed E-state index contributed by atoms with van der Waals surface area (Å²) in [7, 11) is 0. The fraction of sp³-hybridized carbons (Fsp3) is 0.0588. The van der Waals surface area contributed by atoms with E-state index in [1.165, 1.54) is 0 Å². The first kappa shape index (κ1) is 13.9. The molecule has 0 unspecified atom stereocenters. The summed E-state index contributed by atoms with van der Waals surface area (Å²) in [5.74, 6) is -0.953. The van der Waals surface area contributed by atoms with E-state index in [1.807, 2.05) is 34.9 Å². The van der Waals surface area contributed by atoms with Gasteiger partial charge in [-0.3, -0.25) is 4.98 Å². The second-order valence-electron chi connectivity index (χ2n) is 5.01. The van der Waals surface area contributed by atoms with Gasteiger partial charge in [0, 0.05) is 23.1 Å². The van der Waals surface area contributed by atoms with Crippen molar-refractivity contribution in [2.24, 2.45) is 0 Å². The standard InChI is InChI=1S/C17H15N3O2/c1-11-15(17(21)22)9-16(12-4-2-5-13(18)8-12)20(11)14-6-3-7-19-10-14/h2-10H,18H2,1H3,(H,21,22). The summed E-state index contributed by atoms with van der Waals surface area (Å²) in [6, 6.07) is 12.8. The molecule has 2 heterocycles. The first-order valence-corrected chi connectivity index (χ1v) is 6.80. The van der Waals surface area contributed by atoms with E-state index in [0.29, 0.717) is 11.4 Å². The molecule has 2 aromatic heterocycles. The number of nitrogens with zero attached hydrogens (tertiary/aromatic N) is 2. The van der Waals surface area contributed by atoms with Crippen molar-refractivity contribution < 1.29 is 9.90 Å². The molecule has 0 atom stereocenters. The Labute approximate surface area is 127 Å². The number of carboxylic acid groups (broad SMARTS) is 1. The number of aromatic carboxylic acids is 1. The van der Waals surface area contributed by atoms with Crippen LogP contribution in [0.3, 0.4) is 0 Å². The molecule has 0 fully saturated rings. The molecule has 3 N–H and O–H groups in total. The smallest absolute Gasteiger partial charge is 0.337 e. The summed E-state index contributed by atoms with van der Waals surface area (Å²) in [4.78, 5) is 15.6. The highest BCUT2D eigenvalue weighted by molar-refractivity contribution is 5.91. The first-order valence-electron chi connectivity index (χ1n) is 6.80. The predicted molar refractivity (Wildman–Crippen MR) is 85.1 cm³/mol. The predicted octanol–water partition coefficient (Wildman–Crippen LogP) is 3.13. The summed E-state index contributed by atoms with van der Waals surface area (Å²) in [5, 5.41) is 9.40. The Morgan fingerprint density at radius 2 is 2.05 bits per heavy atom. The lowest BCUT2D eigenvalue weighted by Crippen LogP contribution is -2.02. The summed E-state index contributed by atoms with van der Waals surface area (Å²) in [6.07, 6.45) is 3.38. The van der Waals surface area contributed by atoms with E-state index in [4.69, 9.17) is 5.73 Å². The largest absolute Gasteiger partial charge is 0.478 e. The second-order valence-corrected chi connectivity index (χ2v) is 5.01. The molecule has 0 amide bonds. The van der Waals surface area contributed by atoms with Crippen LogP contribution in [0.15, 0.2) is 54.9 Å². The van der Waals surface area contributed by atoms with Gasteiger partial charge in [0.15, 0.2) is 0 Å². The van der Waals surface area contributed by atoms with E-state index in [0.717, 1.165) is 16.9 Å². The fourth-order valence-corrected chi connectivity index (χ4v) is 2.55. The van der Waals surface area contributed by atoms with Gasteiger partial charge in [-0.05, 0) is 37.3 Å². The SMILES string of the molecule is Cc1c(C(=O)O)cc(-c2cccc(N)c2)n1-c1cccnc1. The van der Waals surface area contributed by atoms with E-state index in [9.17, 15) is 9.90 Å². The van der Waals surface area contributed by atoms with Crippen LogP contribution in [0, 0.1) is 6.92 Å². The van der Waals surface area contributed by atoms with E-state index in [1.54, 1.807) is 31.5 Å². The maximum Gasteiger partial charge on any atom is 0.337 e. The number of benzene rings is 1. The minimum atomic E-state index is -0.953. The number of hydrogen-bond donors (Lipinski definition) is 2. The molecule has 0 bridgehead atoms. The Kier molecular flexibility index (Phi) is 3.39. The number of aromatic nitrogens is 2. The average molecular weight is 293 g/mol. The van der Waals surface area contributed by atoms with E-state index >= 15 is 0 Å². The Hall–Kier alpha value is -3.08. The van der Waals surface area contributed by atoms with Gasteiger partial charge in [0.05, 0.1) is 23.1 Å². The quantitative estimate of drug-likeness (QED) is 0.727. The molecule has 0 aliphatic heterocycles. The van der Waals surface area contributed by atoms with Crippen molar-refractivity contribution in [2.45, 2.75) is 6.92 Å². The molecule has 0 saturated carbocycles. The molecule has 0 aliphatic carbocycles. The number of rotatable bonds is 3. The lowest BCUT2D eigenvalue weighted by Gasteiger charge is -2.12. The van der Waals surface area contributed by atoms with Crippen molar-refractivity contribution >= 4 is 11.7 Å². The van der Waals surface area contributed by atoms with Gasteiger partial charge in [0.1, 0.15) is 0 Å². The molecule has 3 aromatic rings. The fourth-order valence-electron chi connectivity index (χ4n) is 2.55. The van der Waals surface area contributed by atoms with Crippen LogP contribution < -0.4 is 5.73 Å². The van der Waals surface area contributed by atoms with Gasteiger partial charge >= 0.3 is 5.97 Å². The van der Waals surface area contributed by atoms with Crippen LogP contribution in [-0.4, -0.2) is 20.6 Å². The second kappa shape index (κ2) is 5.37. The van der Waals surface area contributed by atoms with Crippen molar-refractivity contribution in [2.75, 3.05) is 5.73 Å². The van der Waals surface area contributed by atoms with Crippen LogP contribution in [-0.2, 0) is 0 Å². The molecule has 5 heteroatoms. The van der Waals surface area contributed by atoms with Crippen molar-refractivity contribution in [1.82, 2.24) is 9.55 Å². The summed E-state index contributed by atoms with van der Waals surface area (Å²) in [6.45, 7) is 1.78. The molecule has 0 radical (unpaired) electrons. The van der Waals surface area contributed by atoms with Crippen LogP contribution in [0.4, 0.5) is 5.69 Å². The normalized spacial score (nSPS) is 10.6. The summed E-state index contributed by atoms with van der Waals surface area (Å²) in [5.41, 5.74) is 9.84. The number of pyridine rings is 1. The van der Waals surface area contributed by atoms with Gasteiger partial charge in [0.25, 0.3) is 0 Å². The molecule has 22 heavy (non-hydrogen) atoms. The van der Waals surface area contributed by atoms with Crippen LogP contribution in [0.5, 0.6) is 0 Å². The zero-order valence-corrected chi connectivity index (χ0v) is 12.0. The molecule has 0 saturated heterocycles. The number of anilines is 1. The molecule has 1 aromatic carbocycles. The number of nitrogens with two attached hydrogens (primary N) is 1. The third kappa shape index (κ3) is 2.33. The number of hydrogen-bond acceptors (Lipinski definition) is 3. The van der Waals surface area contributed by atoms with Crippen LogP contribution in [0.25, 0.3) is 16.9 Å². The zero-order chi connectivity index (χ0) is 15.7. The lowest BCUT2D eigenvalue weighted by molar-refractivity contribution is 0.0696. The van der Waals surface area contributed by atoms with Crippen LogP contribution in [0.2, 0.25) is 0 Å². The molecule has 5 nitrogen and oxygen atoms in total. The Morgan fingerprint density at radius 3 is 2.68 bits per heavy atom. The third-order valence-electron chi connectivity index (χ3n) is 3.56. The van der Waals surface area contributed by atoms with Crippen molar-refractivity contribution in [3.63, 3.8) is 0 Å². The number of nitrogen functional groups attached to an aromatic ring is 1. The Morgan fingerprint density at radius 1 is 1.23 bits per heavy atom. The molecular weight excluding hydrogens is 278 g/mol. The van der Waals surface area contributed by atoms with Gasteiger partial charge in [-0.2, -0.15) is 0 Å². The van der Waals surface area contributed by atoms with Crippen molar-refractivity contribution in [3.8, 4) is 16.9 Å². The van der Waals surface area contributed by atoms with Crippen LogP contribution >= 0.6 is 0 Å². The average Bonchev–Trinajstić information content (AvgIpc) is 2.86. The van der Waals surface area contributed by atoms with Gasteiger partial charge in [-0.25, -0.2) is 4.79 Å². The Balaban J connectivity index is 2.30. The van der Waals surface area contributed by atoms with Crippen LogP contribution in [0.1, 0.15) is 16.1 Å². The number of carbonyl (C=O) groups is 1. The highest BCUT2D eigenvalue weighted by Gasteiger charge is 2.19.